The molecule has 2 amide bonds. The van der Waals surface area contributed by atoms with Crippen molar-refractivity contribution in [3.8, 4) is 12.1 Å². The van der Waals surface area contributed by atoms with Crippen molar-refractivity contribution in [2.75, 3.05) is 52.4 Å². The van der Waals surface area contributed by atoms with Gasteiger partial charge < -0.3 is 10.2 Å². The van der Waals surface area contributed by atoms with E-state index in [1.807, 2.05) is 26.0 Å². The molecule has 1 saturated heterocycles. The molecular weight excluding hydrogens is 320 g/mol. The highest BCUT2D eigenvalue weighted by atomic mass is 16.2. The van der Waals surface area contributed by atoms with Crippen LogP contribution in [0.2, 0.25) is 0 Å². The van der Waals surface area contributed by atoms with Gasteiger partial charge in [0.05, 0.1) is 38.1 Å². The van der Waals surface area contributed by atoms with Crippen LogP contribution in [0, 0.1) is 22.7 Å². The van der Waals surface area contributed by atoms with Gasteiger partial charge in [0.2, 0.25) is 11.8 Å². The van der Waals surface area contributed by atoms with Gasteiger partial charge in [-0.3, -0.25) is 19.4 Å². The Morgan fingerprint density at radius 2 is 1.48 bits per heavy atom. The molecule has 0 radical (unpaired) electrons. The Morgan fingerprint density at radius 1 is 1.00 bits per heavy atom. The van der Waals surface area contributed by atoms with Crippen LogP contribution in [-0.2, 0) is 9.59 Å². The van der Waals surface area contributed by atoms with Crippen LogP contribution < -0.4 is 5.32 Å². The Hall–Kier alpha value is -2.16. The molecule has 8 nitrogen and oxygen atoms in total. The highest BCUT2D eigenvalue weighted by molar-refractivity contribution is 5.79. The van der Waals surface area contributed by atoms with Gasteiger partial charge in [0.25, 0.3) is 0 Å². The topological polar surface area (TPSA) is 103 Å². The number of hydrogen-bond acceptors (Lipinski definition) is 6. The summed E-state index contributed by atoms with van der Waals surface area (Å²) in [7, 11) is 0. The van der Waals surface area contributed by atoms with E-state index in [9.17, 15) is 9.59 Å². The molecule has 0 bridgehead atoms. The number of nitriles is 2. The van der Waals surface area contributed by atoms with E-state index in [0.717, 1.165) is 26.2 Å². The predicted molar refractivity (Wildman–Crippen MR) is 93.2 cm³/mol. The zero-order valence-electron chi connectivity index (χ0n) is 15.2. The number of piperazine rings is 1. The van der Waals surface area contributed by atoms with Gasteiger partial charge in [0.15, 0.2) is 0 Å². The summed E-state index contributed by atoms with van der Waals surface area (Å²) in [5.74, 6) is -0.0183. The van der Waals surface area contributed by atoms with E-state index < -0.39 is 0 Å². The van der Waals surface area contributed by atoms with Gasteiger partial charge in [-0.05, 0) is 13.8 Å². The molecule has 138 valence electrons. The molecule has 1 heterocycles. The van der Waals surface area contributed by atoms with Crippen LogP contribution in [0.1, 0.15) is 26.7 Å². The monoisotopic (exact) mass is 348 g/mol. The second-order valence-electron chi connectivity index (χ2n) is 6.47. The fourth-order valence-corrected chi connectivity index (χ4v) is 2.70. The smallest absolute Gasteiger partial charge is 0.236 e. The summed E-state index contributed by atoms with van der Waals surface area (Å²) in [5.41, 5.74) is 0. The summed E-state index contributed by atoms with van der Waals surface area (Å²) in [4.78, 5) is 29.9. The molecule has 1 rings (SSSR count). The van der Waals surface area contributed by atoms with Gasteiger partial charge in [-0.25, -0.2) is 0 Å². The van der Waals surface area contributed by atoms with Crippen LogP contribution in [-0.4, -0.2) is 84.9 Å². The molecule has 0 spiro atoms. The molecule has 0 aromatic rings. The third-order valence-corrected chi connectivity index (χ3v) is 3.98. The molecule has 8 heteroatoms. The van der Waals surface area contributed by atoms with Crippen LogP contribution in [0.4, 0.5) is 0 Å². The average Bonchev–Trinajstić information content (AvgIpc) is 2.56. The highest BCUT2D eigenvalue weighted by Crippen LogP contribution is 2.04. The lowest BCUT2D eigenvalue weighted by molar-refractivity contribution is -0.133. The summed E-state index contributed by atoms with van der Waals surface area (Å²) >= 11 is 0. The zero-order chi connectivity index (χ0) is 18.7. The predicted octanol–water partition coefficient (Wildman–Crippen LogP) is -0.215. The number of carbonyl (C=O) groups is 2. The van der Waals surface area contributed by atoms with Gasteiger partial charge in [-0.15, -0.1) is 0 Å². The van der Waals surface area contributed by atoms with Gasteiger partial charge in [-0.1, -0.05) is 0 Å². The number of carbonyl (C=O) groups excluding carboxylic acids is 2. The minimum atomic E-state index is -0.0449. The minimum Gasteiger partial charge on any atom is -0.353 e. The molecule has 0 atom stereocenters. The van der Waals surface area contributed by atoms with E-state index in [0.29, 0.717) is 26.2 Å². The van der Waals surface area contributed by atoms with Gasteiger partial charge in [0, 0.05) is 45.3 Å². The van der Waals surface area contributed by atoms with E-state index in [2.05, 4.69) is 15.1 Å². The molecule has 0 aromatic carbocycles. The first-order valence-electron chi connectivity index (χ1n) is 8.72. The normalized spacial score (nSPS) is 15.4. The quantitative estimate of drug-likeness (QED) is 0.618. The number of amides is 2. The fourth-order valence-electron chi connectivity index (χ4n) is 2.70. The van der Waals surface area contributed by atoms with E-state index in [4.69, 9.17) is 10.5 Å². The first kappa shape index (κ1) is 20.9. The van der Waals surface area contributed by atoms with Crippen molar-refractivity contribution < 1.29 is 9.59 Å². The summed E-state index contributed by atoms with van der Waals surface area (Å²) < 4.78 is 0. The third kappa shape index (κ3) is 8.48. The summed E-state index contributed by atoms with van der Waals surface area (Å²) in [6.07, 6.45) is 0.547. The second kappa shape index (κ2) is 11.4. The zero-order valence-corrected chi connectivity index (χ0v) is 15.2. The lowest BCUT2D eigenvalue weighted by atomic mass is 10.2. The van der Waals surface area contributed by atoms with Crippen molar-refractivity contribution in [2.45, 2.75) is 32.7 Å². The van der Waals surface area contributed by atoms with E-state index in [1.165, 1.54) is 0 Å². The van der Waals surface area contributed by atoms with Crippen molar-refractivity contribution in [2.24, 2.45) is 0 Å². The van der Waals surface area contributed by atoms with Crippen LogP contribution in [0.3, 0.4) is 0 Å². The van der Waals surface area contributed by atoms with Crippen LogP contribution in [0.15, 0.2) is 0 Å². The summed E-state index contributed by atoms with van der Waals surface area (Å²) in [6.45, 7) is 8.23. The molecule has 1 fully saturated rings. The maximum atomic E-state index is 12.4. The Bertz CT molecular complexity index is 496. The molecule has 25 heavy (non-hydrogen) atoms. The Balaban J connectivity index is 2.38. The molecule has 1 aliphatic heterocycles. The van der Waals surface area contributed by atoms with Crippen molar-refractivity contribution in [1.29, 1.82) is 10.5 Å². The van der Waals surface area contributed by atoms with Crippen molar-refractivity contribution in [1.82, 2.24) is 20.0 Å². The maximum absolute atomic E-state index is 12.4. The largest absolute Gasteiger partial charge is 0.353 e. The Labute approximate surface area is 150 Å². The molecule has 0 aliphatic carbocycles. The molecule has 0 unspecified atom stereocenters. The van der Waals surface area contributed by atoms with Crippen molar-refractivity contribution in [3.05, 3.63) is 0 Å². The number of rotatable bonds is 9. The number of hydrogen-bond donors (Lipinski definition) is 1. The molecule has 1 N–H and O–H groups in total. The van der Waals surface area contributed by atoms with E-state index >= 15 is 0 Å². The van der Waals surface area contributed by atoms with E-state index in [-0.39, 0.29) is 30.7 Å². The van der Waals surface area contributed by atoms with Crippen molar-refractivity contribution >= 4 is 11.8 Å². The summed E-state index contributed by atoms with van der Waals surface area (Å²) in [6, 6.07) is 4.21. The standard InChI is InChI=1S/C17H28N6O2/c1-15(2)20-16(24)13-21-9-11-22(12-10-21)14-17(25)23(7-3-5-18)8-4-6-19/h15H,3-4,7-14H2,1-2H3,(H,20,24). The van der Waals surface area contributed by atoms with Gasteiger partial charge >= 0.3 is 0 Å². The third-order valence-electron chi connectivity index (χ3n) is 3.98. The first-order chi connectivity index (χ1) is 12.0. The Morgan fingerprint density at radius 3 is 1.92 bits per heavy atom. The highest BCUT2D eigenvalue weighted by Gasteiger charge is 2.22. The van der Waals surface area contributed by atoms with Gasteiger partial charge in [-0.2, -0.15) is 10.5 Å². The van der Waals surface area contributed by atoms with Crippen LogP contribution in [0.25, 0.3) is 0 Å². The van der Waals surface area contributed by atoms with E-state index in [1.54, 1.807) is 4.90 Å². The fraction of sp³-hybridized carbons (Fsp3) is 0.765. The number of nitrogens with one attached hydrogen (secondary N) is 1. The lowest BCUT2D eigenvalue weighted by Crippen LogP contribution is -2.52. The maximum Gasteiger partial charge on any atom is 0.236 e. The molecule has 0 saturated carbocycles. The summed E-state index contributed by atoms with van der Waals surface area (Å²) in [5, 5.41) is 20.3. The minimum absolute atomic E-state index is 0.0266. The first-order valence-corrected chi connectivity index (χ1v) is 8.72. The van der Waals surface area contributed by atoms with Crippen molar-refractivity contribution in [3.63, 3.8) is 0 Å². The lowest BCUT2D eigenvalue weighted by Gasteiger charge is -2.35. The molecular formula is C17H28N6O2. The van der Waals surface area contributed by atoms with Gasteiger partial charge in [0.1, 0.15) is 0 Å². The van der Waals surface area contributed by atoms with Crippen LogP contribution >= 0.6 is 0 Å². The molecule has 0 aromatic heterocycles. The number of nitrogens with zero attached hydrogens (tertiary/aromatic N) is 5. The van der Waals surface area contributed by atoms with Crippen LogP contribution in [0.5, 0.6) is 0 Å². The molecule has 1 aliphatic rings. The second-order valence-corrected chi connectivity index (χ2v) is 6.47. The SMILES string of the molecule is CC(C)NC(=O)CN1CCN(CC(=O)N(CCC#N)CCC#N)CC1. The average molecular weight is 348 g/mol. The Kier molecular flexibility index (Phi) is 9.53.